The average molecular weight is 397 g/mol. The van der Waals surface area contributed by atoms with Crippen LogP contribution in [0.25, 0.3) is 0 Å². The van der Waals surface area contributed by atoms with E-state index in [1.807, 2.05) is 24.3 Å². The van der Waals surface area contributed by atoms with Gasteiger partial charge in [0.1, 0.15) is 5.75 Å². The summed E-state index contributed by atoms with van der Waals surface area (Å²) in [5.41, 5.74) is 1.04. The predicted octanol–water partition coefficient (Wildman–Crippen LogP) is 5.84. The summed E-state index contributed by atoms with van der Waals surface area (Å²) in [6.07, 6.45) is 9.33. The third kappa shape index (κ3) is 11.7. The van der Waals surface area contributed by atoms with E-state index in [2.05, 4.69) is 6.92 Å². The second kappa shape index (κ2) is 15.5. The van der Waals surface area contributed by atoms with E-state index < -0.39 is 0 Å². The molecule has 0 heterocycles. The third-order valence-corrected chi connectivity index (χ3v) is 4.54. The maximum atomic E-state index is 12.0. The van der Waals surface area contributed by atoms with Crippen LogP contribution in [0.1, 0.15) is 76.7 Å². The van der Waals surface area contributed by atoms with Crippen molar-refractivity contribution in [1.29, 1.82) is 0 Å². The zero-order chi connectivity index (χ0) is 19.7. The number of hydrogen-bond acceptors (Lipinski definition) is 4. The van der Waals surface area contributed by atoms with Gasteiger partial charge in [-0.15, -0.1) is 11.6 Å². The van der Waals surface area contributed by atoms with Gasteiger partial charge >= 0.3 is 11.9 Å². The number of rotatable bonds is 15. The van der Waals surface area contributed by atoms with Crippen molar-refractivity contribution in [3.8, 4) is 5.75 Å². The van der Waals surface area contributed by atoms with Gasteiger partial charge in [-0.1, -0.05) is 57.2 Å². The van der Waals surface area contributed by atoms with Gasteiger partial charge in [0.15, 0.2) is 0 Å². The lowest BCUT2D eigenvalue weighted by molar-refractivity contribution is -0.144. The molecule has 0 aliphatic rings. The van der Waals surface area contributed by atoms with Crippen LogP contribution in [0.4, 0.5) is 0 Å². The van der Waals surface area contributed by atoms with Crippen molar-refractivity contribution in [3.05, 3.63) is 29.8 Å². The molecule has 0 aromatic heterocycles. The first kappa shape index (κ1) is 23.5. The van der Waals surface area contributed by atoms with Crippen molar-refractivity contribution in [2.45, 2.75) is 77.6 Å². The Morgan fingerprint density at radius 3 is 2.30 bits per heavy atom. The number of benzene rings is 1. The number of carbonyl (C=O) groups is 2. The average Bonchev–Trinajstić information content (AvgIpc) is 2.65. The normalized spacial score (nSPS) is 10.6. The monoisotopic (exact) mass is 396 g/mol. The molecule has 152 valence electrons. The van der Waals surface area contributed by atoms with Crippen LogP contribution < -0.4 is 4.74 Å². The summed E-state index contributed by atoms with van der Waals surface area (Å²) in [5.74, 6) is 0.814. The lowest BCUT2D eigenvalue weighted by Gasteiger charge is -2.09. The van der Waals surface area contributed by atoms with Crippen LogP contribution >= 0.6 is 11.6 Å². The van der Waals surface area contributed by atoms with Crippen molar-refractivity contribution in [2.75, 3.05) is 12.5 Å². The number of hydrogen-bond donors (Lipinski definition) is 0. The van der Waals surface area contributed by atoms with Gasteiger partial charge in [0, 0.05) is 18.7 Å². The molecule has 1 aromatic rings. The van der Waals surface area contributed by atoms with Crippen LogP contribution in [-0.2, 0) is 20.7 Å². The molecule has 0 radical (unpaired) electrons. The zero-order valence-electron chi connectivity index (χ0n) is 16.5. The summed E-state index contributed by atoms with van der Waals surface area (Å²) in [6.45, 7) is 2.55. The lowest BCUT2D eigenvalue weighted by atomic mass is 10.1. The molecule has 4 nitrogen and oxygen atoms in total. The Balaban J connectivity index is 2.09. The highest BCUT2D eigenvalue weighted by atomic mass is 35.5. The molecule has 0 aliphatic heterocycles. The number of ether oxygens (including phenoxy) is 2. The molecular formula is C22H33ClO4. The molecule has 0 N–H and O–H groups in total. The molecule has 0 amide bonds. The van der Waals surface area contributed by atoms with E-state index >= 15 is 0 Å². The van der Waals surface area contributed by atoms with Gasteiger partial charge in [-0.05, 0) is 37.3 Å². The van der Waals surface area contributed by atoms with Crippen LogP contribution in [0.3, 0.4) is 0 Å². The highest BCUT2D eigenvalue weighted by Crippen LogP contribution is 2.20. The number of carbonyl (C=O) groups excluding carboxylic acids is 2. The highest BCUT2D eigenvalue weighted by molar-refractivity contribution is 6.17. The van der Waals surface area contributed by atoms with Crippen LogP contribution in [0.2, 0.25) is 0 Å². The van der Waals surface area contributed by atoms with E-state index in [-0.39, 0.29) is 24.8 Å². The van der Waals surface area contributed by atoms with Gasteiger partial charge in [-0.25, -0.2) is 0 Å². The fourth-order valence-electron chi connectivity index (χ4n) is 2.79. The first-order chi connectivity index (χ1) is 13.2. The Morgan fingerprint density at radius 2 is 1.56 bits per heavy atom. The van der Waals surface area contributed by atoms with Crippen molar-refractivity contribution in [2.24, 2.45) is 0 Å². The number of halogens is 1. The van der Waals surface area contributed by atoms with Gasteiger partial charge in [-0.2, -0.15) is 0 Å². The first-order valence-corrected chi connectivity index (χ1v) is 10.7. The summed E-state index contributed by atoms with van der Waals surface area (Å²) < 4.78 is 10.6. The summed E-state index contributed by atoms with van der Waals surface area (Å²) in [7, 11) is 0. The Morgan fingerprint density at radius 1 is 0.889 bits per heavy atom. The largest absolute Gasteiger partial charge is 0.466 e. The second-order valence-electron chi connectivity index (χ2n) is 6.72. The maximum absolute atomic E-state index is 12.0. The van der Waals surface area contributed by atoms with E-state index in [0.717, 1.165) is 50.0 Å². The Hall–Kier alpha value is -1.55. The molecule has 1 aromatic carbocycles. The molecule has 0 atom stereocenters. The molecule has 0 unspecified atom stereocenters. The first-order valence-electron chi connectivity index (χ1n) is 10.2. The van der Waals surface area contributed by atoms with Crippen LogP contribution in [0.5, 0.6) is 5.75 Å². The fourth-order valence-corrected chi connectivity index (χ4v) is 2.98. The van der Waals surface area contributed by atoms with Crippen molar-refractivity contribution < 1.29 is 19.1 Å². The topological polar surface area (TPSA) is 52.6 Å². The molecule has 1 rings (SSSR count). The quantitative estimate of drug-likeness (QED) is 0.162. The molecule has 0 bridgehead atoms. The Kier molecular flexibility index (Phi) is 13.5. The van der Waals surface area contributed by atoms with Gasteiger partial charge < -0.3 is 9.47 Å². The van der Waals surface area contributed by atoms with Crippen molar-refractivity contribution >= 4 is 23.5 Å². The summed E-state index contributed by atoms with van der Waals surface area (Å²) in [4.78, 5) is 23.7. The summed E-state index contributed by atoms with van der Waals surface area (Å²) >= 11 is 5.63. The highest BCUT2D eigenvalue weighted by Gasteiger charge is 2.10. The number of alkyl halides is 1. The van der Waals surface area contributed by atoms with E-state index in [9.17, 15) is 9.59 Å². The van der Waals surface area contributed by atoms with Gasteiger partial charge in [0.05, 0.1) is 6.61 Å². The number of esters is 2. The number of para-hydroxylation sites is 1. The minimum Gasteiger partial charge on any atom is -0.466 e. The van der Waals surface area contributed by atoms with E-state index in [4.69, 9.17) is 21.1 Å². The van der Waals surface area contributed by atoms with Crippen molar-refractivity contribution in [3.63, 3.8) is 0 Å². The Bertz CT molecular complexity index is 545. The Labute approximate surface area is 168 Å². The number of aryl methyl sites for hydroxylation is 1. The standard InChI is InChI=1S/C22H33ClO4/c1-2-12-19-13-7-8-14-20(19)27-22(25)16-11-15-21(24)26-18-10-6-4-3-5-9-17-23/h7-8,13-14H,2-6,9-12,15-18H2,1H3. The molecule has 0 saturated heterocycles. The summed E-state index contributed by atoms with van der Waals surface area (Å²) in [6, 6.07) is 7.59. The van der Waals surface area contributed by atoms with E-state index in [1.54, 1.807) is 0 Å². The SMILES string of the molecule is CCCc1ccccc1OC(=O)CCCC(=O)OCCCCCCCCCl. The van der Waals surface area contributed by atoms with Crippen LogP contribution in [0, 0.1) is 0 Å². The molecule has 0 saturated carbocycles. The molecule has 0 fully saturated rings. The van der Waals surface area contributed by atoms with Crippen molar-refractivity contribution in [1.82, 2.24) is 0 Å². The molecule has 0 spiro atoms. The fraction of sp³-hybridized carbons (Fsp3) is 0.636. The van der Waals surface area contributed by atoms with Gasteiger partial charge in [0.2, 0.25) is 0 Å². The maximum Gasteiger partial charge on any atom is 0.311 e. The minimum atomic E-state index is -0.303. The molecule has 5 heteroatoms. The molecular weight excluding hydrogens is 364 g/mol. The van der Waals surface area contributed by atoms with Crippen LogP contribution in [0.15, 0.2) is 24.3 Å². The lowest BCUT2D eigenvalue weighted by Crippen LogP contribution is -2.11. The van der Waals surface area contributed by atoms with Gasteiger partial charge in [0.25, 0.3) is 0 Å². The van der Waals surface area contributed by atoms with Gasteiger partial charge in [-0.3, -0.25) is 9.59 Å². The summed E-state index contributed by atoms with van der Waals surface area (Å²) in [5, 5.41) is 0. The van der Waals surface area contributed by atoms with E-state index in [0.29, 0.717) is 18.8 Å². The third-order valence-electron chi connectivity index (χ3n) is 4.27. The smallest absolute Gasteiger partial charge is 0.311 e. The predicted molar refractivity (Wildman–Crippen MR) is 109 cm³/mol. The van der Waals surface area contributed by atoms with E-state index in [1.165, 1.54) is 12.8 Å². The number of unbranched alkanes of at least 4 members (excludes halogenated alkanes) is 5. The zero-order valence-corrected chi connectivity index (χ0v) is 17.3. The molecule has 0 aliphatic carbocycles. The minimum absolute atomic E-state index is 0.218. The van der Waals surface area contributed by atoms with Crippen LogP contribution in [-0.4, -0.2) is 24.4 Å². The second-order valence-corrected chi connectivity index (χ2v) is 7.09. The molecule has 27 heavy (non-hydrogen) atoms.